The van der Waals surface area contributed by atoms with Crippen LogP contribution in [0.4, 0.5) is 0 Å². The number of methoxy groups -OCH3 is 2. The zero-order valence-corrected chi connectivity index (χ0v) is 14.9. The summed E-state index contributed by atoms with van der Waals surface area (Å²) >= 11 is 0. The van der Waals surface area contributed by atoms with Gasteiger partial charge in [0.1, 0.15) is 0 Å². The highest BCUT2D eigenvalue weighted by Gasteiger charge is 2.11. The molecule has 1 heterocycles. The number of nitrogens with zero attached hydrogens (tertiary/aromatic N) is 1. The zero-order chi connectivity index (χ0) is 18.4. The van der Waals surface area contributed by atoms with Gasteiger partial charge in [0, 0.05) is 23.5 Å². The Kier molecular flexibility index (Phi) is 6.16. The van der Waals surface area contributed by atoms with Crippen LogP contribution >= 0.6 is 0 Å². The minimum atomic E-state index is -0.396. The Morgan fingerprint density at radius 2 is 1.92 bits per heavy atom. The molecular weight excluding hydrogens is 322 g/mol. The lowest BCUT2D eigenvalue weighted by Gasteiger charge is -2.11. The number of nitrogens with one attached hydrogen (secondary N) is 2. The van der Waals surface area contributed by atoms with Crippen LogP contribution in [0.3, 0.4) is 0 Å². The van der Waals surface area contributed by atoms with Crippen molar-refractivity contribution in [2.24, 2.45) is 0 Å². The molecule has 134 valence electrons. The number of rotatable bonds is 7. The summed E-state index contributed by atoms with van der Waals surface area (Å²) in [6.45, 7) is 4.00. The van der Waals surface area contributed by atoms with E-state index in [0.29, 0.717) is 35.9 Å². The van der Waals surface area contributed by atoms with Crippen molar-refractivity contribution >= 4 is 5.91 Å². The van der Waals surface area contributed by atoms with Crippen molar-refractivity contribution in [2.75, 3.05) is 20.8 Å². The van der Waals surface area contributed by atoms with Gasteiger partial charge in [-0.25, -0.2) is 4.79 Å². The lowest BCUT2D eigenvalue weighted by molar-refractivity contribution is -0.120. The molecule has 2 rings (SSSR count). The third kappa shape index (κ3) is 4.82. The van der Waals surface area contributed by atoms with Crippen molar-refractivity contribution in [3.05, 3.63) is 51.2 Å². The number of aromatic nitrogens is 2. The van der Waals surface area contributed by atoms with Gasteiger partial charge in [-0.1, -0.05) is 6.07 Å². The molecule has 0 bridgehead atoms. The quantitative estimate of drug-likeness (QED) is 0.789. The Hall–Kier alpha value is -2.83. The smallest absolute Gasteiger partial charge is 0.345 e. The highest BCUT2D eigenvalue weighted by Crippen LogP contribution is 2.27. The minimum Gasteiger partial charge on any atom is -0.493 e. The number of benzene rings is 1. The molecule has 0 radical (unpaired) electrons. The topological polar surface area (TPSA) is 93.3 Å². The highest BCUT2D eigenvalue weighted by molar-refractivity contribution is 5.79. The number of aryl methyl sites for hydroxylation is 2. The summed E-state index contributed by atoms with van der Waals surface area (Å²) in [5.74, 6) is 1.23. The molecule has 1 amide bonds. The van der Waals surface area contributed by atoms with Crippen LogP contribution in [0.1, 0.15) is 22.5 Å². The van der Waals surface area contributed by atoms with Gasteiger partial charge < -0.3 is 19.8 Å². The van der Waals surface area contributed by atoms with Gasteiger partial charge in [0.15, 0.2) is 11.5 Å². The number of carbonyl (C=O) groups is 1. The molecule has 2 N–H and O–H groups in total. The lowest BCUT2D eigenvalue weighted by Crippen LogP contribution is -2.28. The van der Waals surface area contributed by atoms with Crippen molar-refractivity contribution < 1.29 is 14.3 Å². The van der Waals surface area contributed by atoms with Gasteiger partial charge in [-0.05, 0) is 38.0 Å². The Balaban J connectivity index is 1.92. The van der Waals surface area contributed by atoms with Crippen LogP contribution in [-0.2, 0) is 17.6 Å². The van der Waals surface area contributed by atoms with E-state index in [4.69, 9.17) is 9.47 Å². The van der Waals surface area contributed by atoms with Crippen LogP contribution in [0.2, 0.25) is 0 Å². The molecule has 0 spiro atoms. The van der Waals surface area contributed by atoms with Gasteiger partial charge in [0.2, 0.25) is 5.91 Å². The van der Waals surface area contributed by atoms with Crippen molar-refractivity contribution in [3.63, 3.8) is 0 Å². The molecule has 0 saturated carbocycles. The predicted molar refractivity (Wildman–Crippen MR) is 94.3 cm³/mol. The molecule has 0 saturated heterocycles. The first kappa shape index (κ1) is 18.5. The first-order chi connectivity index (χ1) is 11.9. The van der Waals surface area contributed by atoms with Crippen molar-refractivity contribution in [1.29, 1.82) is 0 Å². The van der Waals surface area contributed by atoms with Crippen molar-refractivity contribution in [2.45, 2.75) is 26.7 Å². The van der Waals surface area contributed by atoms with Crippen LogP contribution in [-0.4, -0.2) is 36.6 Å². The van der Waals surface area contributed by atoms with Gasteiger partial charge >= 0.3 is 5.69 Å². The molecule has 0 aliphatic rings. The Labute approximate surface area is 146 Å². The molecule has 0 fully saturated rings. The van der Waals surface area contributed by atoms with E-state index in [1.54, 1.807) is 28.1 Å². The van der Waals surface area contributed by atoms with E-state index >= 15 is 0 Å². The van der Waals surface area contributed by atoms with E-state index in [9.17, 15) is 9.59 Å². The van der Waals surface area contributed by atoms with E-state index in [1.807, 2.05) is 18.2 Å². The maximum absolute atomic E-state index is 12.1. The highest BCUT2D eigenvalue weighted by atomic mass is 16.5. The molecule has 7 heteroatoms. The summed E-state index contributed by atoms with van der Waals surface area (Å²) in [4.78, 5) is 29.9. The molecule has 1 aromatic carbocycles. The van der Waals surface area contributed by atoms with Crippen LogP contribution < -0.4 is 20.5 Å². The second-order valence-electron chi connectivity index (χ2n) is 5.70. The van der Waals surface area contributed by atoms with E-state index < -0.39 is 5.69 Å². The number of hydrogen-bond donors (Lipinski definition) is 2. The molecule has 7 nitrogen and oxygen atoms in total. The molecule has 0 atom stereocenters. The summed E-state index contributed by atoms with van der Waals surface area (Å²) in [5.41, 5.74) is 2.65. The van der Waals surface area contributed by atoms with E-state index in [1.165, 1.54) is 0 Å². The van der Waals surface area contributed by atoms with Crippen molar-refractivity contribution in [3.8, 4) is 11.5 Å². The molecule has 1 aromatic heterocycles. The fourth-order valence-corrected chi connectivity index (χ4v) is 2.62. The number of ether oxygens (including phenoxy) is 2. The number of carbonyl (C=O) groups excluding carboxylic acids is 1. The molecule has 0 unspecified atom stereocenters. The van der Waals surface area contributed by atoms with Gasteiger partial charge in [-0.2, -0.15) is 4.98 Å². The number of hydrogen-bond acceptors (Lipinski definition) is 5. The van der Waals surface area contributed by atoms with E-state index in [-0.39, 0.29) is 12.3 Å². The molecular formula is C18H23N3O4. The lowest BCUT2D eigenvalue weighted by atomic mass is 10.1. The van der Waals surface area contributed by atoms with Crippen LogP contribution in [0, 0.1) is 13.8 Å². The average molecular weight is 345 g/mol. The molecule has 25 heavy (non-hydrogen) atoms. The van der Waals surface area contributed by atoms with Gasteiger partial charge in [0.25, 0.3) is 0 Å². The summed E-state index contributed by atoms with van der Waals surface area (Å²) < 4.78 is 10.5. The molecule has 2 aromatic rings. The first-order valence-electron chi connectivity index (χ1n) is 7.98. The Morgan fingerprint density at radius 3 is 2.56 bits per heavy atom. The van der Waals surface area contributed by atoms with E-state index in [0.717, 1.165) is 11.1 Å². The summed E-state index contributed by atoms with van der Waals surface area (Å²) in [7, 11) is 3.18. The third-order valence-electron chi connectivity index (χ3n) is 3.97. The third-order valence-corrected chi connectivity index (χ3v) is 3.97. The number of amides is 1. The number of aromatic amines is 1. The largest absolute Gasteiger partial charge is 0.493 e. The van der Waals surface area contributed by atoms with Gasteiger partial charge in [0.05, 0.1) is 20.6 Å². The SMILES string of the molecule is COc1ccc(CCNC(=O)Cc2c(C)nc(=O)[nH]c2C)cc1OC. The van der Waals surface area contributed by atoms with Crippen LogP contribution in [0.15, 0.2) is 23.0 Å². The maximum Gasteiger partial charge on any atom is 0.345 e. The van der Waals surface area contributed by atoms with Gasteiger partial charge in [-0.15, -0.1) is 0 Å². The average Bonchev–Trinajstić information content (AvgIpc) is 2.58. The Morgan fingerprint density at radius 1 is 1.20 bits per heavy atom. The van der Waals surface area contributed by atoms with E-state index in [2.05, 4.69) is 15.3 Å². The fraction of sp³-hybridized carbons (Fsp3) is 0.389. The monoisotopic (exact) mass is 345 g/mol. The zero-order valence-electron chi connectivity index (χ0n) is 14.9. The second-order valence-corrected chi connectivity index (χ2v) is 5.70. The molecule has 0 aliphatic heterocycles. The van der Waals surface area contributed by atoms with Crippen LogP contribution in [0.5, 0.6) is 11.5 Å². The molecule has 0 aliphatic carbocycles. The Bertz CT molecular complexity index is 788. The fourth-order valence-electron chi connectivity index (χ4n) is 2.62. The summed E-state index contributed by atoms with van der Waals surface area (Å²) in [6, 6.07) is 5.67. The maximum atomic E-state index is 12.1. The second kappa shape index (κ2) is 8.32. The number of H-pyrrole nitrogens is 1. The summed E-state index contributed by atoms with van der Waals surface area (Å²) in [5, 5.41) is 2.88. The summed E-state index contributed by atoms with van der Waals surface area (Å²) in [6.07, 6.45) is 0.862. The minimum absolute atomic E-state index is 0.111. The van der Waals surface area contributed by atoms with Crippen LogP contribution in [0.25, 0.3) is 0 Å². The predicted octanol–water partition coefficient (Wildman–Crippen LogP) is 1.31. The normalized spacial score (nSPS) is 10.4. The van der Waals surface area contributed by atoms with Gasteiger partial charge in [-0.3, -0.25) is 4.79 Å². The first-order valence-corrected chi connectivity index (χ1v) is 7.98. The van der Waals surface area contributed by atoms with Crippen molar-refractivity contribution in [1.82, 2.24) is 15.3 Å². The standard InChI is InChI=1S/C18H23N3O4/c1-11-14(12(2)21-18(23)20-11)10-17(22)19-8-7-13-5-6-15(24-3)16(9-13)25-4/h5-6,9H,7-8,10H2,1-4H3,(H,19,22)(H,20,21,23).